The number of anilines is 1. The zero-order valence-corrected chi connectivity index (χ0v) is 10.1. The van der Waals surface area contributed by atoms with Crippen molar-refractivity contribution >= 4 is 23.2 Å². The highest BCUT2D eigenvalue weighted by molar-refractivity contribution is 6.36. The third kappa shape index (κ3) is 2.78. The monoisotopic (exact) mass is 266 g/mol. The standard InChI is InChI=1S/C11H11ClN4O2/c12-10-7(2-1-3-8(10)13)11(17)14-5-4-9-15-6-16-18-9/h1-3,6H,4-5,13H2,(H,14,17). The Bertz CT molecular complexity index is 542. The van der Waals surface area contributed by atoms with Crippen molar-refractivity contribution in [2.24, 2.45) is 0 Å². The van der Waals surface area contributed by atoms with Crippen molar-refractivity contribution < 1.29 is 9.32 Å². The molecule has 94 valence electrons. The molecule has 0 aliphatic rings. The van der Waals surface area contributed by atoms with Crippen LogP contribution in [0.5, 0.6) is 0 Å². The number of hydrogen-bond donors (Lipinski definition) is 2. The predicted molar refractivity (Wildman–Crippen MR) is 66.2 cm³/mol. The Balaban J connectivity index is 1.93. The Morgan fingerprint density at radius 1 is 1.50 bits per heavy atom. The maximum atomic E-state index is 11.8. The third-order valence-electron chi connectivity index (χ3n) is 2.30. The van der Waals surface area contributed by atoms with Gasteiger partial charge in [-0.05, 0) is 12.1 Å². The van der Waals surface area contributed by atoms with Crippen LogP contribution in [0.15, 0.2) is 29.0 Å². The summed E-state index contributed by atoms with van der Waals surface area (Å²) in [6, 6.07) is 4.92. The van der Waals surface area contributed by atoms with E-state index in [4.69, 9.17) is 21.9 Å². The number of carbonyl (C=O) groups excluding carboxylic acids is 1. The molecule has 0 unspecified atom stereocenters. The maximum absolute atomic E-state index is 11.8. The number of aromatic nitrogens is 2. The molecule has 0 atom stereocenters. The molecule has 0 fully saturated rings. The highest BCUT2D eigenvalue weighted by Crippen LogP contribution is 2.22. The Morgan fingerprint density at radius 2 is 2.33 bits per heavy atom. The van der Waals surface area contributed by atoms with Crippen LogP contribution in [0.3, 0.4) is 0 Å². The molecule has 2 aromatic rings. The lowest BCUT2D eigenvalue weighted by Gasteiger charge is -2.06. The lowest BCUT2D eigenvalue weighted by Crippen LogP contribution is -2.26. The van der Waals surface area contributed by atoms with Crippen molar-refractivity contribution in [3.63, 3.8) is 0 Å². The quantitative estimate of drug-likeness (QED) is 0.813. The molecule has 3 N–H and O–H groups in total. The molecule has 0 spiro atoms. The fourth-order valence-corrected chi connectivity index (χ4v) is 1.62. The fraction of sp³-hybridized carbons (Fsp3) is 0.182. The summed E-state index contributed by atoms with van der Waals surface area (Å²) in [5.74, 6) is 0.181. The van der Waals surface area contributed by atoms with Gasteiger partial charge in [0.2, 0.25) is 5.89 Å². The molecule has 1 heterocycles. The van der Waals surface area contributed by atoms with E-state index >= 15 is 0 Å². The van der Waals surface area contributed by atoms with Gasteiger partial charge in [0.15, 0.2) is 6.33 Å². The Kier molecular flexibility index (Phi) is 3.78. The summed E-state index contributed by atoms with van der Waals surface area (Å²) in [4.78, 5) is 15.7. The number of benzene rings is 1. The number of halogens is 1. The summed E-state index contributed by atoms with van der Waals surface area (Å²) in [7, 11) is 0. The van der Waals surface area contributed by atoms with Crippen molar-refractivity contribution in [3.05, 3.63) is 41.0 Å². The first-order chi connectivity index (χ1) is 8.68. The third-order valence-corrected chi connectivity index (χ3v) is 2.73. The van der Waals surface area contributed by atoms with Crippen LogP contribution in [0, 0.1) is 0 Å². The number of carbonyl (C=O) groups is 1. The molecule has 0 bridgehead atoms. The van der Waals surface area contributed by atoms with Gasteiger partial charge in [0.1, 0.15) is 0 Å². The molecule has 0 aliphatic heterocycles. The smallest absolute Gasteiger partial charge is 0.252 e. The lowest BCUT2D eigenvalue weighted by atomic mass is 10.2. The molecule has 1 aromatic heterocycles. The van der Waals surface area contributed by atoms with E-state index < -0.39 is 0 Å². The number of hydrogen-bond acceptors (Lipinski definition) is 5. The van der Waals surface area contributed by atoms with E-state index in [-0.39, 0.29) is 10.9 Å². The van der Waals surface area contributed by atoms with Gasteiger partial charge in [-0.15, -0.1) is 0 Å². The van der Waals surface area contributed by atoms with Gasteiger partial charge in [0, 0.05) is 13.0 Å². The van der Waals surface area contributed by atoms with E-state index in [1.54, 1.807) is 18.2 Å². The number of nitrogens with two attached hydrogens (primary N) is 1. The first-order valence-corrected chi connectivity index (χ1v) is 5.64. The van der Waals surface area contributed by atoms with Gasteiger partial charge in [-0.2, -0.15) is 4.98 Å². The molecule has 7 heteroatoms. The van der Waals surface area contributed by atoms with E-state index in [0.717, 1.165) is 0 Å². The Hall–Kier alpha value is -2.08. The highest BCUT2D eigenvalue weighted by Gasteiger charge is 2.11. The molecular weight excluding hydrogens is 256 g/mol. The lowest BCUT2D eigenvalue weighted by molar-refractivity contribution is 0.0953. The minimum atomic E-state index is -0.285. The van der Waals surface area contributed by atoms with Crippen LogP contribution >= 0.6 is 11.6 Å². The van der Waals surface area contributed by atoms with Crippen LogP contribution < -0.4 is 11.1 Å². The van der Waals surface area contributed by atoms with Crippen molar-refractivity contribution in [1.29, 1.82) is 0 Å². The van der Waals surface area contributed by atoms with Crippen LogP contribution in [-0.2, 0) is 6.42 Å². The summed E-state index contributed by atoms with van der Waals surface area (Å²) in [6.45, 7) is 0.381. The van der Waals surface area contributed by atoms with Crippen LogP contribution in [0.25, 0.3) is 0 Å². The number of nitrogens with one attached hydrogen (secondary N) is 1. The maximum Gasteiger partial charge on any atom is 0.252 e. The minimum absolute atomic E-state index is 0.257. The van der Waals surface area contributed by atoms with Gasteiger partial charge >= 0.3 is 0 Å². The van der Waals surface area contributed by atoms with Crippen molar-refractivity contribution in [2.45, 2.75) is 6.42 Å². The topological polar surface area (TPSA) is 94.0 Å². The van der Waals surface area contributed by atoms with Gasteiger partial charge < -0.3 is 15.6 Å². The summed E-state index contributed by atoms with van der Waals surface area (Å²) in [5.41, 5.74) is 6.34. The second-order valence-electron chi connectivity index (χ2n) is 3.55. The van der Waals surface area contributed by atoms with Crippen LogP contribution in [0.2, 0.25) is 5.02 Å². The summed E-state index contributed by atoms with van der Waals surface area (Å²) in [6.07, 6.45) is 1.78. The molecule has 2 rings (SSSR count). The normalized spacial score (nSPS) is 10.3. The van der Waals surface area contributed by atoms with Gasteiger partial charge in [-0.1, -0.05) is 22.8 Å². The van der Waals surface area contributed by atoms with Gasteiger partial charge in [0.25, 0.3) is 5.91 Å². The molecular formula is C11H11ClN4O2. The number of amides is 1. The van der Waals surface area contributed by atoms with Crippen LogP contribution in [0.1, 0.15) is 16.2 Å². The van der Waals surface area contributed by atoms with Crippen molar-refractivity contribution in [1.82, 2.24) is 15.5 Å². The van der Waals surface area contributed by atoms with Crippen molar-refractivity contribution in [2.75, 3.05) is 12.3 Å². The highest BCUT2D eigenvalue weighted by atomic mass is 35.5. The van der Waals surface area contributed by atoms with E-state index in [0.29, 0.717) is 30.1 Å². The number of rotatable bonds is 4. The molecule has 0 saturated heterocycles. The molecule has 1 aromatic carbocycles. The van der Waals surface area contributed by atoms with Crippen LogP contribution in [0.4, 0.5) is 5.69 Å². The van der Waals surface area contributed by atoms with E-state index in [9.17, 15) is 4.79 Å². The van der Waals surface area contributed by atoms with E-state index in [1.165, 1.54) is 6.33 Å². The summed E-state index contributed by atoms with van der Waals surface area (Å²) >= 11 is 5.94. The average molecular weight is 267 g/mol. The van der Waals surface area contributed by atoms with Gasteiger partial charge in [-0.25, -0.2) is 0 Å². The van der Waals surface area contributed by atoms with Crippen LogP contribution in [-0.4, -0.2) is 22.6 Å². The molecule has 1 amide bonds. The SMILES string of the molecule is Nc1cccc(C(=O)NCCc2ncno2)c1Cl. The molecule has 0 aliphatic carbocycles. The Labute approximate surface area is 108 Å². The molecule has 0 radical (unpaired) electrons. The van der Waals surface area contributed by atoms with Gasteiger partial charge in [-0.3, -0.25) is 4.79 Å². The molecule has 6 nitrogen and oxygen atoms in total. The van der Waals surface area contributed by atoms with Crippen molar-refractivity contribution in [3.8, 4) is 0 Å². The number of nitrogens with zero attached hydrogens (tertiary/aromatic N) is 2. The summed E-state index contributed by atoms with van der Waals surface area (Å²) < 4.78 is 4.81. The van der Waals surface area contributed by atoms with E-state index in [1.807, 2.05) is 0 Å². The molecule has 18 heavy (non-hydrogen) atoms. The first-order valence-electron chi connectivity index (χ1n) is 5.26. The number of nitrogen functional groups attached to an aromatic ring is 1. The zero-order chi connectivity index (χ0) is 13.0. The first kappa shape index (κ1) is 12.4. The fourth-order valence-electron chi connectivity index (χ4n) is 1.41. The second-order valence-corrected chi connectivity index (χ2v) is 3.93. The minimum Gasteiger partial charge on any atom is -0.398 e. The second kappa shape index (κ2) is 5.50. The molecule has 0 saturated carbocycles. The average Bonchev–Trinajstić information content (AvgIpc) is 2.85. The Morgan fingerprint density at radius 3 is 3.06 bits per heavy atom. The van der Waals surface area contributed by atoms with Gasteiger partial charge in [0.05, 0.1) is 16.3 Å². The van der Waals surface area contributed by atoms with E-state index in [2.05, 4.69) is 15.5 Å². The summed E-state index contributed by atoms with van der Waals surface area (Å²) in [5, 5.41) is 6.42. The predicted octanol–water partition coefficient (Wildman–Crippen LogP) is 1.28. The largest absolute Gasteiger partial charge is 0.398 e. The zero-order valence-electron chi connectivity index (χ0n) is 9.39.